The maximum atomic E-state index is 13.2. The van der Waals surface area contributed by atoms with E-state index >= 15 is 0 Å². The van der Waals surface area contributed by atoms with Crippen LogP contribution in [-0.2, 0) is 11.4 Å². The average Bonchev–Trinajstić information content (AvgIpc) is 2.92. The number of aryl methyl sites for hydroxylation is 1. The zero-order chi connectivity index (χ0) is 27.3. The first-order valence-electron chi connectivity index (χ1n) is 12.7. The number of hydroxylamine groups is 1. The van der Waals surface area contributed by atoms with Crippen molar-refractivity contribution in [3.05, 3.63) is 71.4 Å². The Labute approximate surface area is 223 Å². The maximum absolute atomic E-state index is 13.2. The predicted molar refractivity (Wildman–Crippen MR) is 146 cm³/mol. The number of hydrogen-bond donors (Lipinski definition) is 3. The number of terminal acetylenes is 1. The fraction of sp³-hybridized carbons (Fsp3) is 0.367. The summed E-state index contributed by atoms with van der Waals surface area (Å²) in [6.45, 7) is 7.51. The van der Waals surface area contributed by atoms with Gasteiger partial charge in [-0.25, -0.2) is 5.48 Å². The molecule has 8 nitrogen and oxygen atoms in total. The van der Waals surface area contributed by atoms with Crippen molar-refractivity contribution in [3.8, 4) is 18.1 Å². The molecule has 0 atom stereocenters. The van der Waals surface area contributed by atoms with Crippen molar-refractivity contribution < 1.29 is 19.5 Å². The first kappa shape index (κ1) is 27.1. The number of likely N-dealkylation sites (tertiary alicyclic amines) is 1. The van der Waals surface area contributed by atoms with Gasteiger partial charge >= 0.3 is 0 Å². The van der Waals surface area contributed by atoms with Crippen LogP contribution in [0.5, 0.6) is 5.75 Å². The molecule has 3 aromatic rings. The Hall–Kier alpha value is -3.93. The number of nitrogens with one attached hydrogen (secondary N) is 2. The molecule has 0 aliphatic carbocycles. The number of nitrogens with zero attached hydrogens (tertiary/aromatic N) is 2. The molecule has 0 saturated carbocycles. The van der Waals surface area contributed by atoms with E-state index in [1.54, 1.807) is 29.7 Å². The van der Waals surface area contributed by atoms with Crippen molar-refractivity contribution in [1.82, 2.24) is 20.7 Å². The van der Waals surface area contributed by atoms with Gasteiger partial charge in [0, 0.05) is 35.3 Å². The summed E-state index contributed by atoms with van der Waals surface area (Å²) >= 11 is 0. The number of carbonyl (C=O) groups is 2. The number of piperidine rings is 1. The second-order valence-corrected chi connectivity index (χ2v) is 10.4. The molecule has 1 aliphatic heterocycles. The summed E-state index contributed by atoms with van der Waals surface area (Å²) in [5.74, 6) is 2.60. The molecule has 3 N–H and O–H groups in total. The average molecular weight is 515 g/mol. The van der Waals surface area contributed by atoms with Crippen molar-refractivity contribution in [2.45, 2.75) is 57.7 Å². The fourth-order valence-electron chi connectivity index (χ4n) is 4.97. The second kappa shape index (κ2) is 11.2. The van der Waals surface area contributed by atoms with Crippen LogP contribution in [0.4, 0.5) is 0 Å². The molecule has 0 radical (unpaired) electrons. The summed E-state index contributed by atoms with van der Waals surface area (Å²) in [5.41, 5.74) is 3.83. The smallest absolute Gasteiger partial charge is 0.251 e. The number of fused-ring (bicyclic) bond motifs is 1. The Bertz CT molecular complexity index is 1350. The van der Waals surface area contributed by atoms with Crippen LogP contribution in [0, 0.1) is 19.3 Å². The predicted octanol–water partition coefficient (Wildman–Crippen LogP) is 3.99. The molecule has 0 spiro atoms. The molecule has 2 heterocycles. The number of benzene rings is 2. The molecule has 8 heteroatoms. The minimum atomic E-state index is -0.791. The van der Waals surface area contributed by atoms with E-state index in [0.29, 0.717) is 43.9 Å². The van der Waals surface area contributed by atoms with E-state index in [4.69, 9.17) is 16.4 Å². The summed E-state index contributed by atoms with van der Waals surface area (Å²) < 4.78 is 6.02. The summed E-state index contributed by atoms with van der Waals surface area (Å²) in [6.07, 6.45) is 6.71. The third kappa shape index (κ3) is 6.13. The number of ether oxygens (including phenoxy) is 1. The van der Waals surface area contributed by atoms with Crippen molar-refractivity contribution in [1.29, 1.82) is 0 Å². The Morgan fingerprint density at radius 2 is 1.84 bits per heavy atom. The van der Waals surface area contributed by atoms with Gasteiger partial charge in [-0.3, -0.25) is 24.7 Å². The molecule has 0 unspecified atom stereocenters. The Balaban J connectivity index is 1.43. The molecule has 0 bridgehead atoms. The molecule has 2 aromatic carbocycles. The van der Waals surface area contributed by atoms with Gasteiger partial charge in [0.2, 0.25) is 5.91 Å². The number of carbonyl (C=O) groups excluding carboxylic acids is 2. The molecule has 4 rings (SSSR count). The highest BCUT2D eigenvalue weighted by atomic mass is 16.5. The SMILES string of the molecule is C#CC(C)(C)N1CCC(CC(=O)NO)(NC(=O)c2ccc(OCc3cc(C)nc4ccccc34)cc2)CC1. The minimum Gasteiger partial charge on any atom is -0.489 e. The fourth-order valence-corrected chi connectivity index (χ4v) is 4.97. The van der Waals surface area contributed by atoms with Crippen LogP contribution >= 0.6 is 0 Å². The molecule has 1 aromatic heterocycles. The molecule has 198 valence electrons. The second-order valence-electron chi connectivity index (χ2n) is 10.4. The summed E-state index contributed by atoms with van der Waals surface area (Å²) in [5, 5.41) is 13.2. The molecule has 38 heavy (non-hydrogen) atoms. The van der Waals surface area contributed by atoms with Crippen LogP contribution in [0.25, 0.3) is 10.9 Å². The van der Waals surface area contributed by atoms with Crippen LogP contribution < -0.4 is 15.5 Å². The Morgan fingerprint density at radius 1 is 1.16 bits per heavy atom. The standard InChI is InChI=1S/C30H34N4O4/c1-5-29(3,4)34-16-14-30(15-17-34,19-27(35)33-37)32-28(36)22-10-12-24(13-11-22)38-20-23-18-21(2)31-26-9-7-6-8-25(23)26/h1,6-13,18,37H,14-17,19-20H2,2-4H3,(H,32,36)(H,33,35). The molecule has 1 fully saturated rings. The van der Waals surface area contributed by atoms with Gasteiger partial charge in [0.15, 0.2) is 0 Å². The van der Waals surface area contributed by atoms with Gasteiger partial charge in [-0.2, -0.15) is 0 Å². The zero-order valence-electron chi connectivity index (χ0n) is 22.1. The first-order valence-corrected chi connectivity index (χ1v) is 12.7. The van der Waals surface area contributed by atoms with E-state index in [2.05, 4.69) is 21.1 Å². The number of rotatable bonds is 8. The minimum absolute atomic E-state index is 0.0277. The van der Waals surface area contributed by atoms with Gasteiger partial charge in [0.1, 0.15) is 12.4 Å². The van der Waals surface area contributed by atoms with Gasteiger partial charge in [0.05, 0.1) is 23.0 Å². The molecule has 2 amide bonds. The van der Waals surface area contributed by atoms with Gasteiger partial charge in [-0.15, -0.1) is 6.42 Å². The number of pyridine rings is 1. The topological polar surface area (TPSA) is 104 Å². The number of aromatic nitrogens is 1. The van der Waals surface area contributed by atoms with Crippen molar-refractivity contribution >= 4 is 22.7 Å². The summed E-state index contributed by atoms with van der Waals surface area (Å²) in [6, 6.07) is 16.9. The maximum Gasteiger partial charge on any atom is 0.251 e. The lowest BCUT2D eigenvalue weighted by atomic mass is 9.82. The van der Waals surface area contributed by atoms with Crippen LogP contribution in [0.1, 0.15) is 54.7 Å². The van der Waals surface area contributed by atoms with E-state index in [-0.39, 0.29) is 12.3 Å². The molecular weight excluding hydrogens is 480 g/mol. The van der Waals surface area contributed by atoms with E-state index in [1.165, 1.54) is 0 Å². The van der Waals surface area contributed by atoms with Gasteiger partial charge < -0.3 is 10.1 Å². The Kier molecular flexibility index (Phi) is 8.00. The van der Waals surface area contributed by atoms with Crippen LogP contribution in [-0.4, -0.2) is 51.1 Å². The van der Waals surface area contributed by atoms with Crippen LogP contribution in [0.15, 0.2) is 54.6 Å². The summed E-state index contributed by atoms with van der Waals surface area (Å²) in [7, 11) is 0. The zero-order valence-corrected chi connectivity index (χ0v) is 22.1. The third-order valence-electron chi connectivity index (χ3n) is 7.31. The Morgan fingerprint density at radius 3 is 2.50 bits per heavy atom. The monoisotopic (exact) mass is 514 g/mol. The highest BCUT2D eigenvalue weighted by Gasteiger charge is 2.41. The number of hydrogen-bond acceptors (Lipinski definition) is 6. The van der Waals surface area contributed by atoms with Gasteiger partial charge in [0.25, 0.3) is 5.91 Å². The number of amides is 2. The molecule has 1 aliphatic rings. The van der Waals surface area contributed by atoms with E-state index in [0.717, 1.165) is 22.2 Å². The van der Waals surface area contributed by atoms with E-state index in [9.17, 15) is 9.59 Å². The van der Waals surface area contributed by atoms with Crippen molar-refractivity contribution in [3.63, 3.8) is 0 Å². The normalized spacial score (nSPS) is 15.4. The lowest BCUT2D eigenvalue weighted by molar-refractivity contribution is -0.131. The highest BCUT2D eigenvalue weighted by Crippen LogP contribution is 2.30. The van der Waals surface area contributed by atoms with Crippen LogP contribution in [0.2, 0.25) is 0 Å². The number of para-hydroxylation sites is 1. The van der Waals surface area contributed by atoms with E-state index < -0.39 is 17.0 Å². The van der Waals surface area contributed by atoms with Crippen LogP contribution in [0.3, 0.4) is 0 Å². The molecule has 1 saturated heterocycles. The lowest BCUT2D eigenvalue weighted by Gasteiger charge is -2.46. The third-order valence-corrected chi connectivity index (χ3v) is 7.31. The summed E-state index contributed by atoms with van der Waals surface area (Å²) in [4.78, 5) is 32.0. The lowest BCUT2D eigenvalue weighted by Crippen LogP contribution is -2.59. The quantitative estimate of drug-likeness (QED) is 0.239. The van der Waals surface area contributed by atoms with E-state index in [1.807, 2.05) is 51.1 Å². The highest BCUT2D eigenvalue weighted by molar-refractivity contribution is 5.95. The molecular formula is C30H34N4O4. The van der Waals surface area contributed by atoms with Gasteiger partial charge in [-0.05, 0) is 70.0 Å². The van der Waals surface area contributed by atoms with Crippen molar-refractivity contribution in [2.75, 3.05) is 13.1 Å². The van der Waals surface area contributed by atoms with Crippen molar-refractivity contribution in [2.24, 2.45) is 0 Å². The largest absolute Gasteiger partial charge is 0.489 e. The first-order chi connectivity index (χ1) is 18.1. The van der Waals surface area contributed by atoms with Gasteiger partial charge in [-0.1, -0.05) is 24.1 Å².